The lowest BCUT2D eigenvalue weighted by Crippen LogP contribution is -2.62. The molecule has 132 valence electrons. The third-order valence-electron chi connectivity index (χ3n) is 5.80. The van der Waals surface area contributed by atoms with Crippen LogP contribution < -0.4 is 5.32 Å². The molecule has 3 fully saturated rings. The average molecular weight is 346 g/mol. The lowest BCUT2D eigenvalue weighted by Gasteiger charge is -2.47. The SMILES string of the molecule is Cc1cc(NCC2CN3CCN2CC3)n2c(nc3ccccc32)c1C#N. The Bertz CT molecular complexity index is 1020. The minimum absolute atomic E-state index is 0.540. The van der Waals surface area contributed by atoms with Gasteiger partial charge in [-0.05, 0) is 30.7 Å². The molecule has 1 aromatic carbocycles. The molecule has 3 aromatic rings. The van der Waals surface area contributed by atoms with Crippen molar-refractivity contribution in [3.8, 4) is 6.07 Å². The van der Waals surface area contributed by atoms with Gasteiger partial charge in [0.1, 0.15) is 11.9 Å². The number of rotatable bonds is 3. The Morgan fingerprint density at radius 2 is 2.04 bits per heavy atom. The Morgan fingerprint density at radius 1 is 1.23 bits per heavy atom. The molecule has 5 heterocycles. The highest BCUT2D eigenvalue weighted by Crippen LogP contribution is 2.27. The van der Waals surface area contributed by atoms with Crippen LogP contribution in [0, 0.1) is 18.3 Å². The van der Waals surface area contributed by atoms with Crippen molar-refractivity contribution in [2.24, 2.45) is 0 Å². The summed E-state index contributed by atoms with van der Waals surface area (Å²) in [6.07, 6.45) is 0. The summed E-state index contributed by atoms with van der Waals surface area (Å²) in [6.45, 7) is 8.76. The molecule has 3 aliphatic rings. The number of aromatic nitrogens is 2. The highest BCUT2D eigenvalue weighted by molar-refractivity contribution is 5.85. The van der Waals surface area contributed by atoms with E-state index in [1.165, 1.54) is 26.2 Å². The monoisotopic (exact) mass is 346 g/mol. The quantitative estimate of drug-likeness (QED) is 0.787. The van der Waals surface area contributed by atoms with Crippen molar-refractivity contribution in [1.82, 2.24) is 19.2 Å². The molecule has 2 bridgehead atoms. The molecule has 0 amide bonds. The number of hydrogen-bond acceptors (Lipinski definition) is 5. The van der Waals surface area contributed by atoms with Crippen molar-refractivity contribution < 1.29 is 0 Å². The van der Waals surface area contributed by atoms with E-state index in [1.54, 1.807) is 0 Å². The van der Waals surface area contributed by atoms with Crippen LogP contribution in [0.25, 0.3) is 16.7 Å². The molecular formula is C20H22N6. The number of para-hydroxylation sites is 2. The van der Waals surface area contributed by atoms with E-state index in [4.69, 9.17) is 4.98 Å². The average Bonchev–Trinajstić information content (AvgIpc) is 3.06. The number of imidazole rings is 1. The smallest absolute Gasteiger partial charge is 0.157 e. The summed E-state index contributed by atoms with van der Waals surface area (Å²) in [5, 5.41) is 13.3. The third-order valence-corrected chi connectivity index (χ3v) is 5.80. The van der Waals surface area contributed by atoms with Gasteiger partial charge in [0, 0.05) is 45.3 Å². The zero-order chi connectivity index (χ0) is 17.7. The lowest BCUT2D eigenvalue weighted by molar-refractivity contribution is 0.0189. The number of hydrogen-bond donors (Lipinski definition) is 1. The van der Waals surface area contributed by atoms with Gasteiger partial charge in [-0.25, -0.2) is 4.98 Å². The fourth-order valence-electron chi connectivity index (χ4n) is 4.36. The van der Waals surface area contributed by atoms with Gasteiger partial charge in [0.2, 0.25) is 0 Å². The summed E-state index contributed by atoms with van der Waals surface area (Å²) in [7, 11) is 0. The van der Waals surface area contributed by atoms with Crippen LogP contribution in [0.4, 0.5) is 5.82 Å². The van der Waals surface area contributed by atoms with E-state index in [2.05, 4.69) is 37.7 Å². The second-order valence-electron chi connectivity index (χ2n) is 7.33. The molecule has 0 saturated carbocycles. The minimum Gasteiger partial charge on any atom is -0.370 e. The fraction of sp³-hybridized carbons (Fsp3) is 0.400. The standard InChI is InChI=1S/C20H22N6/c1-14-10-19(22-12-15-13-24-6-8-25(15)9-7-24)26-18-5-3-2-4-17(18)23-20(26)16(14)11-21/h2-5,10,15,22H,6-9,12-13H2,1H3. The van der Waals surface area contributed by atoms with Crippen LogP contribution in [0.3, 0.4) is 0 Å². The summed E-state index contributed by atoms with van der Waals surface area (Å²) < 4.78 is 2.09. The van der Waals surface area contributed by atoms with Gasteiger partial charge in [-0.15, -0.1) is 0 Å². The molecule has 6 rings (SSSR count). The molecule has 3 aliphatic heterocycles. The van der Waals surface area contributed by atoms with Gasteiger partial charge in [0.05, 0.1) is 16.6 Å². The molecule has 1 N–H and O–H groups in total. The molecule has 0 aliphatic carbocycles. The summed E-state index contributed by atoms with van der Waals surface area (Å²) in [5.41, 5.74) is 4.32. The first kappa shape index (κ1) is 15.6. The van der Waals surface area contributed by atoms with E-state index in [1.807, 2.05) is 25.1 Å². The molecule has 0 spiro atoms. The van der Waals surface area contributed by atoms with E-state index in [9.17, 15) is 5.26 Å². The van der Waals surface area contributed by atoms with Gasteiger partial charge in [-0.2, -0.15) is 5.26 Å². The van der Waals surface area contributed by atoms with E-state index < -0.39 is 0 Å². The Labute approximate surface area is 152 Å². The summed E-state index contributed by atoms with van der Waals surface area (Å²) in [6, 6.07) is 13.0. The Morgan fingerprint density at radius 3 is 2.77 bits per heavy atom. The summed E-state index contributed by atoms with van der Waals surface area (Å²) in [5.74, 6) is 1.02. The molecular weight excluding hydrogens is 324 g/mol. The second kappa shape index (κ2) is 5.97. The largest absolute Gasteiger partial charge is 0.370 e. The second-order valence-corrected chi connectivity index (χ2v) is 7.33. The number of fused-ring (bicyclic) bond motifs is 6. The first-order chi connectivity index (χ1) is 12.7. The first-order valence-electron chi connectivity index (χ1n) is 9.26. The van der Waals surface area contributed by atoms with Gasteiger partial charge in [0.15, 0.2) is 5.65 Å². The highest BCUT2D eigenvalue weighted by atomic mass is 15.3. The maximum Gasteiger partial charge on any atom is 0.157 e. The number of nitriles is 1. The Kier molecular flexibility index (Phi) is 3.59. The lowest BCUT2D eigenvalue weighted by atomic mass is 10.1. The minimum atomic E-state index is 0.540. The number of anilines is 1. The van der Waals surface area contributed by atoms with Crippen LogP contribution in [0.2, 0.25) is 0 Å². The summed E-state index contributed by atoms with van der Waals surface area (Å²) >= 11 is 0. The predicted molar refractivity (Wildman–Crippen MR) is 102 cm³/mol. The van der Waals surface area contributed by atoms with E-state index in [-0.39, 0.29) is 0 Å². The van der Waals surface area contributed by atoms with Crippen molar-refractivity contribution >= 4 is 22.5 Å². The summed E-state index contributed by atoms with van der Waals surface area (Å²) in [4.78, 5) is 9.87. The Hall–Kier alpha value is -2.62. The number of aryl methyl sites for hydroxylation is 1. The molecule has 2 aromatic heterocycles. The zero-order valence-corrected chi connectivity index (χ0v) is 14.9. The Balaban J connectivity index is 1.56. The number of nitrogens with one attached hydrogen (secondary N) is 1. The third kappa shape index (κ3) is 2.36. The maximum absolute atomic E-state index is 9.60. The van der Waals surface area contributed by atoms with E-state index in [0.29, 0.717) is 11.6 Å². The van der Waals surface area contributed by atoms with Crippen LogP contribution in [-0.2, 0) is 0 Å². The van der Waals surface area contributed by atoms with Crippen LogP contribution >= 0.6 is 0 Å². The van der Waals surface area contributed by atoms with Gasteiger partial charge in [0.25, 0.3) is 0 Å². The van der Waals surface area contributed by atoms with Gasteiger partial charge < -0.3 is 5.32 Å². The number of piperazine rings is 3. The molecule has 6 nitrogen and oxygen atoms in total. The molecule has 1 atom stereocenters. The molecule has 6 heteroatoms. The molecule has 3 saturated heterocycles. The van der Waals surface area contributed by atoms with Gasteiger partial charge in [-0.1, -0.05) is 12.1 Å². The first-order valence-corrected chi connectivity index (χ1v) is 9.26. The van der Waals surface area contributed by atoms with E-state index >= 15 is 0 Å². The van der Waals surface area contributed by atoms with Crippen molar-refractivity contribution in [3.05, 3.63) is 41.5 Å². The van der Waals surface area contributed by atoms with Crippen LogP contribution in [-0.4, -0.2) is 64.5 Å². The maximum atomic E-state index is 9.60. The van der Waals surface area contributed by atoms with Gasteiger partial charge in [-0.3, -0.25) is 14.2 Å². The molecule has 1 unspecified atom stereocenters. The van der Waals surface area contributed by atoms with Crippen molar-refractivity contribution in [1.29, 1.82) is 5.26 Å². The normalized spacial score (nSPS) is 24.8. The predicted octanol–water partition coefficient (Wildman–Crippen LogP) is 2.08. The number of benzene rings is 1. The number of pyridine rings is 1. The van der Waals surface area contributed by atoms with Gasteiger partial charge >= 0.3 is 0 Å². The molecule has 26 heavy (non-hydrogen) atoms. The van der Waals surface area contributed by atoms with Crippen LogP contribution in [0.15, 0.2) is 30.3 Å². The van der Waals surface area contributed by atoms with Crippen LogP contribution in [0.1, 0.15) is 11.1 Å². The molecule has 0 radical (unpaired) electrons. The fourth-order valence-corrected chi connectivity index (χ4v) is 4.36. The number of nitrogens with zero attached hydrogens (tertiary/aromatic N) is 5. The van der Waals surface area contributed by atoms with Crippen molar-refractivity contribution in [3.63, 3.8) is 0 Å². The van der Waals surface area contributed by atoms with Crippen molar-refractivity contribution in [2.45, 2.75) is 13.0 Å². The van der Waals surface area contributed by atoms with E-state index in [0.717, 1.165) is 41.2 Å². The topological polar surface area (TPSA) is 59.6 Å². The van der Waals surface area contributed by atoms with Crippen LogP contribution in [0.5, 0.6) is 0 Å². The highest BCUT2D eigenvalue weighted by Gasteiger charge is 2.31. The zero-order valence-electron chi connectivity index (χ0n) is 14.9. The van der Waals surface area contributed by atoms with Crippen molar-refractivity contribution in [2.75, 3.05) is 44.6 Å².